The van der Waals surface area contributed by atoms with Gasteiger partial charge in [-0.3, -0.25) is 0 Å². The Balaban J connectivity index is 1.47. The number of benzene rings is 3. The van der Waals surface area contributed by atoms with Gasteiger partial charge in [-0.15, -0.1) is 0 Å². The van der Waals surface area contributed by atoms with Crippen molar-refractivity contribution in [1.82, 2.24) is 0 Å². The molecule has 1 fully saturated rings. The number of hydrogen-bond donors (Lipinski definition) is 0. The van der Waals surface area contributed by atoms with Crippen LogP contribution in [0.4, 0.5) is 0 Å². The first-order chi connectivity index (χ1) is 14.5. The summed E-state index contributed by atoms with van der Waals surface area (Å²) in [6, 6.07) is 23.1. The summed E-state index contributed by atoms with van der Waals surface area (Å²) in [7, 11) is 0. The zero-order valence-corrected chi connectivity index (χ0v) is 19.2. The van der Waals surface area contributed by atoms with Gasteiger partial charge in [0.1, 0.15) is 0 Å². The molecule has 1 aliphatic rings. The summed E-state index contributed by atoms with van der Waals surface area (Å²) >= 11 is 0. The van der Waals surface area contributed by atoms with Gasteiger partial charge in [0.25, 0.3) is 0 Å². The van der Waals surface area contributed by atoms with Gasteiger partial charge in [0, 0.05) is 0 Å². The number of rotatable bonds is 5. The molecule has 0 aromatic heterocycles. The monoisotopic (exact) mass is 396 g/mol. The van der Waals surface area contributed by atoms with Crippen LogP contribution < -0.4 is 0 Å². The molecule has 0 amide bonds. The molecule has 0 heteroatoms. The Bertz CT molecular complexity index is 945. The predicted molar refractivity (Wildman–Crippen MR) is 130 cm³/mol. The van der Waals surface area contributed by atoms with Crippen LogP contribution in [0.25, 0.3) is 11.1 Å². The van der Waals surface area contributed by atoms with Gasteiger partial charge in [-0.25, -0.2) is 0 Å². The van der Waals surface area contributed by atoms with E-state index in [-0.39, 0.29) is 0 Å². The Labute approximate surface area is 183 Å². The molecule has 0 aliphatic heterocycles. The van der Waals surface area contributed by atoms with E-state index >= 15 is 0 Å². The van der Waals surface area contributed by atoms with Crippen LogP contribution in [0.5, 0.6) is 0 Å². The third kappa shape index (κ3) is 4.86. The Morgan fingerprint density at radius 1 is 0.667 bits per heavy atom. The Morgan fingerprint density at radius 2 is 1.17 bits per heavy atom. The normalized spacial score (nSPS) is 19.1. The maximum absolute atomic E-state index is 2.47. The molecule has 0 atom stereocenters. The summed E-state index contributed by atoms with van der Waals surface area (Å²) < 4.78 is 0. The molecular formula is C30H36. The molecule has 3 aromatic carbocycles. The Kier molecular flexibility index (Phi) is 6.42. The second-order valence-electron chi connectivity index (χ2n) is 9.67. The molecule has 1 aliphatic carbocycles. The van der Waals surface area contributed by atoms with Crippen LogP contribution in [0.3, 0.4) is 0 Å². The van der Waals surface area contributed by atoms with Crippen LogP contribution in [-0.2, 0) is 12.8 Å². The molecule has 4 rings (SSSR count). The molecular weight excluding hydrogens is 360 g/mol. The van der Waals surface area contributed by atoms with Crippen molar-refractivity contribution in [1.29, 1.82) is 0 Å². The summed E-state index contributed by atoms with van der Waals surface area (Å²) in [5, 5.41) is 0. The minimum atomic E-state index is 0.761. The Morgan fingerprint density at radius 3 is 1.70 bits per heavy atom. The lowest BCUT2D eigenvalue weighted by Gasteiger charge is -2.27. The van der Waals surface area contributed by atoms with Gasteiger partial charge in [-0.1, -0.05) is 86.0 Å². The molecule has 3 aromatic rings. The van der Waals surface area contributed by atoms with Crippen molar-refractivity contribution < 1.29 is 0 Å². The van der Waals surface area contributed by atoms with Crippen LogP contribution >= 0.6 is 0 Å². The van der Waals surface area contributed by atoms with Crippen molar-refractivity contribution in [3.63, 3.8) is 0 Å². The molecule has 30 heavy (non-hydrogen) atoms. The fourth-order valence-corrected chi connectivity index (χ4v) is 5.16. The smallest absolute Gasteiger partial charge is 0.0125 e. The van der Waals surface area contributed by atoms with E-state index < -0.39 is 0 Å². The lowest BCUT2D eigenvalue weighted by molar-refractivity contribution is 0.348. The molecule has 0 bridgehead atoms. The van der Waals surface area contributed by atoms with E-state index in [1.165, 1.54) is 64.6 Å². The van der Waals surface area contributed by atoms with Gasteiger partial charge in [-0.05, 0) is 97.2 Å². The van der Waals surface area contributed by atoms with E-state index in [0.29, 0.717) is 0 Å². The fraction of sp³-hybridized carbons (Fsp3) is 0.400. The van der Waals surface area contributed by atoms with Crippen LogP contribution in [0.15, 0.2) is 60.7 Å². The van der Waals surface area contributed by atoms with Gasteiger partial charge in [-0.2, -0.15) is 0 Å². The minimum Gasteiger partial charge on any atom is -0.0625 e. The first-order valence-electron chi connectivity index (χ1n) is 11.8. The van der Waals surface area contributed by atoms with Gasteiger partial charge < -0.3 is 0 Å². The first-order valence-corrected chi connectivity index (χ1v) is 11.8. The van der Waals surface area contributed by atoms with Crippen LogP contribution in [-0.4, -0.2) is 0 Å². The second-order valence-corrected chi connectivity index (χ2v) is 9.67. The molecule has 1 saturated carbocycles. The van der Waals surface area contributed by atoms with E-state index in [0.717, 1.165) is 24.7 Å². The van der Waals surface area contributed by atoms with E-state index in [4.69, 9.17) is 0 Å². The summed E-state index contributed by atoms with van der Waals surface area (Å²) in [6.45, 7) is 9.14. The Hall–Kier alpha value is -2.34. The molecule has 0 nitrogen and oxygen atoms in total. The zero-order valence-electron chi connectivity index (χ0n) is 19.2. The van der Waals surface area contributed by atoms with Crippen LogP contribution in [0.1, 0.15) is 71.9 Å². The molecule has 0 unspecified atom stereocenters. The van der Waals surface area contributed by atoms with Crippen molar-refractivity contribution in [3.8, 4) is 11.1 Å². The molecule has 0 saturated heterocycles. The highest BCUT2D eigenvalue weighted by Gasteiger charge is 2.21. The largest absolute Gasteiger partial charge is 0.0625 e. The fourth-order valence-electron chi connectivity index (χ4n) is 5.16. The maximum atomic E-state index is 2.47. The SMILES string of the molecule is Cc1ccc(CCc2ccc(-c3c(C)cc(C4CCC(C)CC4)cc3C)cc2)cc1. The zero-order chi connectivity index (χ0) is 21.1. The van der Waals surface area contributed by atoms with E-state index in [2.05, 4.69) is 88.4 Å². The highest BCUT2D eigenvalue weighted by Crippen LogP contribution is 2.38. The summed E-state index contributed by atoms with van der Waals surface area (Å²) in [4.78, 5) is 0. The average molecular weight is 397 g/mol. The van der Waals surface area contributed by atoms with Crippen molar-refractivity contribution in [3.05, 3.63) is 94.0 Å². The maximum Gasteiger partial charge on any atom is -0.0125 e. The van der Waals surface area contributed by atoms with E-state index in [9.17, 15) is 0 Å². The molecule has 156 valence electrons. The van der Waals surface area contributed by atoms with E-state index in [1.807, 2.05) is 0 Å². The van der Waals surface area contributed by atoms with Crippen molar-refractivity contribution in [2.75, 3.05) is 0 Å². The van der Waals surface area contributed by atoms with Gasteiger partial charge >= 0.3 is 0 Å². The minimum absolute atomic E-state index is 0.761. The molecule has 0 radical (unpaired) electrons. The molecule has 0 spiro atoms. The summed E-state index contributed by atoms with van der Waals surface area (Å²) in [5.41, 5.74) is 11.4. The molecule has 0 heterocycles. The first kappa shape index (κ1) is 20.9. The highest BCUT2D eigenvalue weighted by molar-refractivity contribution is 5.71. The lowest BCUT2D eigenvalue weighted by atomic mass is 9.78. The van der Waals surface area contributed by atoms with Crippen LogP contribution in [0.2, 0.25) is 0 Å². The van der Waals surface area contributed by atoms with E-state index in [1.54, 1.807) is 5.56 Å². The second kappa shape index (κ2) is 9.21. The number of aryl methyl sites for hydroxylation is 5. The van der Waals surface area contributed by atoms with Crippen molar-refractivity contribution >= 4 is 0 Å². The quantitative estimate of drug-likeness (QED) is 0.406. The third-order valence-corrected chi connectivity index (χ3v) is 7.11. The summed E-state index contributed by atoms with van der Waals surface area (Å²) in [5.74, 6) is 1.67. The van der Waals surface area contributed by atoms with Crippen molar-refractivity contribution in [2.45, 2.75) is 72.1 Å². The van der Waals surface area contributed by atoms with Crippen LogP contribution in [0, 0.1) is 26.7 Å². The molecule has 0 N–H and O–H groups in total. The van der Waals surface area contributed by atoms with Crippen molar-refractivity contribution in [2.24, 2.45) is 5.92 Å². The lowest BCUT2D eigenvalue weighted by Crippen LogP contribution is -2.11. The third-order valence-electron chi connectivity index (χ3n) is 7.11. The van der Waals surface area contributed by atoms with Gasteiger partial charge in [0.2, 0.25) is 0 Å². The topological polar surface area (TPSA) is 0 Å². The predicted octanol–water partition coefficient (Wildman–Crippen LogP) is 8.36. The standard InChI is InChI=1S/C30H36/c1-21-5-9-25(10-6-21)11-12-26-13-17-28(18-14-26)30-23(3)19-29(20-24(30)4)27-15-7-22(2)8-16-27/h5-6,9-10,13-14,17-20,22,27H,7-8,11-12,15-16H2,1-4H3. The number of hydrogen-bond acceptors (Lipinski definition) is 0. The van der Waals surface area contributed by atoms with Gasteiger partial charge in [0.15, 0.2) is 0 Å². The average Bonchev–Trinajstić information content (AvgIpc) is 2.74. The van der Waals surface area contributed by atoms with Gasteiger partial charge in [0.05, 0.1) is 0 Å². The summed E-state index contributed by atoms with van der Waals surface area (Å²) in [6.07, 6.45) is 7.68. The highest BCUT2D eigenvalue weighted by atomic mass is 14.3.